The average Bonchev–Trinajstić information content (AvgIpc) is 3.07. The van der Waals surface area contributed by atoms with Crippen LogP contribution in [0.15, 0.2) is 85.1 Å². The van der Waals surface area contributed by atoms with Gasteiger partial charge in [-0.05, 0) is 70.6 Å². The van der Waals surface area contributed by atoms with Crippen LogP contribution in [-0.4, -0.2) is 66.3 Å². The molecule has 0 aliphatic heterocycles. The van der Waals surface area contributed by atoms with Gasteiger partial charge in [-0.2, -0.15) is 0 Å². The van der Waals surface area contributed by atoms with E-state index in [0.29, 0.717) is 13.0 Å². The number of esters is 1. The molecular weight excluding hydrogens is 631 g/mol. The molecule has 0 aliphatic rings. The van der Waals surface area contributed by atoms with Crippen molar-refractivity contribution < 1.29 is 43.0 Å². The molecule has 3 N–H and O–H groups in total. The standard InChI is InChI=1S/C38H63O9P/c1-3-5-7-9-11-13-15-17-19-21-23-25-27-29-31-44-34-37(35-46-48(42,43)45-33-36(40)32-39)47-38(41)30-28-26-24-22-20-18-16-14-12-10-8-6-4-2/h5-8,11-14,17-20,24,26,36-37,39-40H,3-4,9-10,15-16,21-23,25,27-35H2,1-2H3,(H,42,43)/b7-5-,8-6-,13-11-,14-12-,19-17-,20-18-,26-24-. The molecule has 0 saturated carbocycles. The minimum atomic E-state index is -4.54. The number of unbranched alkanes of at least 4 members (excludes halogenated alkanes) is 4. The predicted octanol–water partition coefficient (Wildman–Crippen LogP) is 8.80. The summed E-state index contributed by atoms with van der Waals surface area (Å²) < 4.78 is 33.0. The fourth-order valence-corrected chi connectivity index (χ4v) is 4.76. The Bertz CT molecular complexity index is 1010. The van der Waals surface area contributed by atoms with Gasteiger partial charge in [-0.1, -0.05) is 112 Å². The summed E-state index contributed by atoms with van der Waals surface area (Å²) in [5.41, 5.74) is 0. The average molecular weight is 695 g/mol. The molecule has 3 unspecified atom stereocenters. The largest absolute Gasteiger partial charge is 0.472 e. The lowest BCUT2D eigenvalue weighted by atomic mass is 10.1. The van der Waals surface area contributed by atoms with Crippen LogP contribution < -0.4 is 0 Å². The first-order chi connectivity index (χ1) is 23.3. The summed E-state index contributed by atoms with van der Waals surface area (Å²) in [6.07, 6.45) is 39.9. The van der Waals surface area contributed by atoms with Crippen LogP contribution in [0.4, 0.5) is 0 Å². The highest BCUT2D eigenvalue weighted by molar-refractivity contribution is 7.47. The van der Waals surface area contributed by atoms with Gasteiger partial charge in [0.2, 0.25) is 0 Å². The fourth-order valence-electron chi connectivity index (χ4n) is 3.97. The SMILES string of the molecule is CC/C=C\C/C=C\C/C=C\C/C=C\CCC(=O)OC(COCCCCCC/C=C\C/C=C\C/C=C\CC)COP(=O)(O)OCC(O)CO. The van der Waals surface area contributed by atoms with Gasteiger partial charge in [-0.3, -0.25) is 13.8 Å². The lowest BCUT2D eigenvalue weighted by Crippen LogP contribution is -2.29. The summed E-state index contributed by atoms with van der Waals surface area (Å²) in [7, 11) is -4.54. The Morgan fingerprint density at radius 2 is 1.12 bits per heavy atom. The maximum Gasteiger partial charge on any atom is 0.472 e. The molecule has 274 valence electrons. The van der Waals surface area contributed by atoms with Gasteiger partial charge in [0.25, 0.3) is 0 Å². The van der Waals surface area contributed by atoms with E-state index >= 15 is 0 Å². The smallest absolute Gasteiger partial charge is 0.457 e. The van der Waals surface area contributed by atoms with Crippen LogP contribution >= 0.6 is 7.82 Å². The van der Waals surface area contributed by atoms with E-state index < -0.39 is 45.8 Å². The molecule has 0 aromatic carbocycles. The first-order valence-corrected chi connectivity index (χ1v) is 19.1. The van der Waals surface area contributed by atoms with E-state index in [4.69, 9.17) is 23.6 Å². The van der Waals surface area contributed by atoms with Crippen molar-refractivity contribution >= 4 is 13.8 Å². The number of rotatable bonds is 32. The Hall–Kier alpha value is -2.36. The van der Waals surface area contributed by atoms with Gasteiger partial charge in [-0.25, -0.2) is 4.57 Å². The maximum atomic E-state index is 12.5. The molecule has 9 nitrogen and oxygen atoms in total. The molecule has 0 spiro atoms. The van der Waals surface area contributed by atoms with E-state index in [1.807, 2.05) is 12.2 Å². The Labute approximate surface area is 290 Å². The van der Waals surface area contributed by atoms with Crippen molar-refractivity contribution in [1.29, 1.82) is 0 Å². The maximum absolute atomic E-state index is 12.5. The molecule has 0 fully saturated rings. The van der Waals surface area contributed by atoms with Crippen molar-refractivity contribution in [2.45, 2.75) is 116 Å². The lowest BCUT2D eigenvalue weighted by Gasteiger charge is -2.20. The summed E-state index contributed by atoms with van der Waals surface area (Å²) in [5, 5.41) is 18.2. The number of carbonyl (C=O) groups excluding carboxylic acids is 1. The van der Waals surface area contributed by atoms with Crippen LogP contribution in [0.2, 0.25) is 0 Å². The van der Waals surface area contributed by atoms with Crippen LogP contribution in [0.1, 0.15) is 104 Å². The third-order valence-corrected chi connectivity index (χ3v) is 7.54. The number of hydrogen-bond donors (Lipinski definition) is 3. The van der Waals surface area contributed by atoms with Crippen LogP contribution in [0.25, 0.3) is 0 Å². The normalized spacial score (nSPS) is 15.4. The summed E-state index contributed by atoms with van der Waals surface area (Å²) >= 11 is 0. The van der Waals surface area contributed by atoms with Crippen LogP contribution in [-0.2, 0) is 27.9 Å². The lowest BCUT2D eigenvalue weighted by molar-refractivity contribution is -0.154. The number of carbonyl (C=O) groups is 1. The highest BCUT2D eigenvalue weighted by Gasteiger charge is 2.26. The molecular formula is C38H63O9P. The second-order valence-electron chi connectivity index (χ2n) is 11.1. The number of phosphoric acid groups is 1. The molecule has 0 aliphatic carbocycles. The Kier molecular flexibility index (Phi) is 32.8. The zero-order chi connectivity index (χ0) is 35.4. The van der Waals surface area contributed by atoms with E-state index in [1.165, 1.54) is 0 Å². The van der Waals surface area contributed by atoms with Gasteiger partial charge in [0.1, 0.15) is 12.2 Å². The van der Waals surface area contributed by atoms with Gasteiger partial charge < -0.3 is 24.6 Å². The molecule has 48 heavy (non-hydrogen) atoms. The van der Waals surface area contributed by atoms with Crippen LogP contribution in [0, 0.1) is 0 Å². The van der Waals surface area contributed by atoms with E-state index in [2.05, 4.69) is 86.8 Å². The van der Waals surface area contributed by atoms with Crippen molar-refractivity contribution in [2.24, 2.45) is 0 Å². The van der Waals surface area contributed by atoms with Crippen molar-refractivity contribution in [3.8, 4) is 0 Å². The molecule has 3 atom stereocenters. The molecule has 0 aromatic rings. The minimum Gasteiger partial charge on any atom is -0.457 e. The molecule has 0 aromatic heterocycles. The van der Waals surface area contributed by atoms with Gasteiger partial charge in [0, 0.05) is 13.0 Å². The summed E-state index contributed by atoms with van der Waals surface area (Å²) in [6.45, 7) is 3.08. The third-order valence-electron chi connectivity index (χ3n) is 6.59. The first-order valence-electron chi connectivity index (χ1n) is 17.6. The predicted molar refractivity (Wildman–Crippen MR) is 195 cm³/mol. The second kappa shape index (κ2) is 34.5. The topological polar surface area (TPSA) is 132 Å². The second-order valence-corrected chi connectivity index (χ2v) is 12.6. The molecule has 10 heteroatoms. The number of phosphoric ester groups is 1. The van der Waals surface area contributed by atoms with Gasteiger partial charge in [0.05, 0.1) is 26.4 Å². The van der Waals surface area contributed by atoms with Crippen molar-refractivity contribution in [3.05, 3.63) is 85.1 Å². The van der Waals surface area contributed by atoms with Crippen molar-refractivity contribution in [3.63, 3.8) is 0 Å². The number of aliphatic hydroxyl groups excluding tert-OH is 2. The zero-order valence-electron chi connectivity index (χ0n) is 29.4. The number of aliphatic hydroxyl groups is 2. The number of hydrogen-bond acceptors (Lipinski definition) is 8. The Morgan fingerprint density at radius 1 is 0.646 bits per heavy atom. The molecule has 0 amide bonds. The first kappa shape index (κ1) is 45.6. The van der Waals surface area contributed by atoms with E-state index in [0.717, 1.165) is 77.0 Å². The molecule has 0 saturated heterocycles. The van der Waals surface area contributed by atoms with Crippen molar-refractivity contribution in [1.82, 2.24) is 0 Å². The zero-order valence-corrected chi connectivity index (χ0v) is 30.3. The van der Waals surface area contributed by atoms with E-state index in [1.54, 1.807) is 0 Å². The van der Waals surface area contributed by atoms with Gasteiger partial charge in [-0.15, -0.1) is 0 Å². The van der Waals surface area contributed by atoms with E-state index in [-0.39, 0.29) is 13.0 Å². The minimum absolute atomic E-state index is 0.000528. The third kappa shape index (κ3) is 33.5. The number of ether oxygens (including phenoxy) is 2. The van der Waals surface area contributed by atoms with Crippen LogP contribution in [0.3, 0.4) is 0 Å². The van der Waals surface area contributed by atoms with Crippen LogP contribution in [0.5, 0.6) is 0 Å². The summed E-state index contributed by atoms with van der Waals surface area (Å²) in [4.78, 5) is 22.4. The van der Waals surface area contributed by atoms with Gasteiger partial charge in [0.15, 0.2) is 0 Å². The van der Waals surface area contributed by atoms with Crippen molar-refractivity contribution in [2.75, 3.05) is 33.0 Å². The summed E-state index contributed by atoms with van der Waals surface area (Å²) in [6, 6.07) is 0. The quantitative estimate of drug-likeness (QED) is 0.0274. The molecule has 0 rings (SSSR count). The number of allylic oxidation sites excluding steroid dienone is 14. The van der Waals surface area contributed by atoms with Gasteiger partial charge >= 0.3 is 13.8 Å². The molecule has 0 radical (unpaired) electrons. The highest BCUT2D eigenvalue weighted by atomic mass is 31.2. The Morgan fingerprint density at radius 3 is 1.67 bits per heavy atom. The highest BCUT2D eigenvalue weighted by Crippen LogP contribution is 2.43. The summed E-state index contributed by atoms with van der Waals surface area (Å²) in [5.74, 6) is -0.476. The monoisotopic (exact) mass is 694 g/mol. The van der Waals surface area contributed by atoms with E-state index in [9.17, 15) is 19.4 Å². The Balaban J connectivity index is 4.45. The fraction of sp³-hybridized carbons (Fsp3) is 0.605. The molecule has 0 heterocycles. The molecule has 0 bridgehead atoms.